The van der Waals surface area contributed by atoms with Gasteiger partial charge in [-0.2, -0.15) is 0 Å². The summed E-state index contributed by atoms with van der Waals surface area (Å²) in [7, 11) is 0. The maximum atomic E-state index is 6.26. The third-order valence-corrected chi connectivity index (χ3v) is 4.68. The van der Waals surface area contributed by atoms with E-state index in [0.717, 1.165) is 15.5 Å². The Morgan fingerprint density at radius 1 is 1.00 bits per heavy atom. The number of fused-ring (bicyclic) bond motifs is 1. The Morgan fingerprint density at radius 3 is 2.45 bits per heavy atom. The fraction of sp³-hybridized carbons (Fsp3) is 0. The lowest BCUT2D eigenvalue weighted by Crippen LogP contribution is -1.95. The Balaban J connectivity index is 2.38. The van der Waals surface area contributed by atoms with Crippen molar-refractivity contribution in [1.29, 1.82) is 0 Å². The second-order valence-corrected chi connectivity index (χ2v) is 6.67. The summed E-state index contributed by atoms with van der Waals surface area (Å²) in [6.07, 6.45) is 0. The van der Waals surface area contributed by atoms with Crippen molar-refractivity contribution in [2.75, 3.05) is 0 Å². The minimum absolute atomic E-state index is 0.412. The zero-order valence-electron chi connectivity index (χ0n) is 9.75. The van der Waals surface area contributed by atoms with E-state index in [1.165, 1.54) is 0 Å². The summed E-state index contributed by atoms with van der Waals surface area (Å²) < 4.78 is 3.34. The molecule has 1 N–H and O–H groups in total. The van der Waals surface area contributed by atoms with Crippen LogP contribution >= 0.6 is 63.0 Å². The molecule has 0 bridgehead atoms. The summed E-state index contributed by atoms with van der Waals surface area (Å²) in [6.45, 7) is 0. The molecule has 0 saturated carbocycles. The second kappa shape index (κ2) is 5.35. The van der Waals surface area contributed by atoms with E-state index >= 15 is 0 Å². The molecule has 0 radical (unpaired) electrons. The molecule has 0 saturated heterocycles. The van der Waals surface area contributed by atoms with Crippen LogP contribution < -0.4 is 0 Å². The van der Waals surface area contributed by atoms with Crippen LogP contribution in [0.5, 0.6) is 0 Å². The van der Waals surface area contributed by atoms with Crippen molar-refractivity contribution >= 4 is 74.0 Å². The van der Waals surface area contributed by atoms with E-state index in [0.29, 0.717) is 25.5 Å². The van der Waals surface area contributed by atoms with Gasteiger partial charge in [0.2, 0.25) is 0 Å². The predicted octanol–water partition coefficient (Wildman–Crippen LogP) is 6.41. The Morgan fingerprint density at radius 2 is 1.70 bits per heavy atom. The van der Waals surface area contributed by atoms with Crippen LogP contribution in [0, 0.1) is 4.77 Å². The molecular formula is C13H6BrCl3N2S. The van der Waals surface area contributed by atoms with Crippen LogP contribution in [0.25, 0.3) is 16.7 Å². The van der Waals surface area contributed by atoms with Gasteiger partial charge in [0.05, 0.1) is 31.8 Å². The number of rotatable bonds is 1. The molecule has 1 heterocycles. The van der Waals surface area contributed by atoms with Crippen molar-refractivity contribution in [2.24, 2.45) is 0 Å². The number of benzene rings is 2. The highest BCUT2D eigenvalue weighted by atomic mass is 79.9. The van der Waals surface area contributed by atoms with Crippen LogP contribution in [0.1, 0.15) is 0 Å². The first kappa shape index (κ1) is 14.4. The van der Waals surface area contributed by atoms with Gasteiger partial charge in [-0.1, -0.05) is 50.7 Å². The molecule has 0 aliphatic carbocycles. The van der Waals surface area contributed by atoms with Crippen molar-refractivity contribution in [3.63, 3.8) is 0 Å². The minimum Gasteiger partial charge on any atom is -0.330 e. The van der Waals surface area contributed by atoms with Crippen LogP contribution in [0.2, 0.25) is 15.1 Å². The van der Waals surface area contributed by atoms with Crippen molar-refractivity contribution < 1.29 is 0 Å². The molecule has 0 aliphatic heterocycles. The molecule has 0 unspecified atom stereocenters. The molecule has 2 aromatic carbocycles. The fourth-order valence-corrected chi connectivity index (χ4v) is 3.30. The van der Waals surface area contributed by atoms with Gasteiger partial charge in [0, 0.05) is 4.47 Å². The average molecular weight is 409 g/mol. The molecule has 0 atom stereocenters. The van der Waals surface area contributed by atoms with Crippen molar-refractivity contribution in [1.82, 2.24) is 9.55 Å². The molecule has 20 heavy (non-hydrogen) atoms. The monoisotopic (exact) mass is 406 g/mol. The van der Waals surface area contributed by atoms with E-state index in [1.54, 1.807) is 12.1 Å². The number of hydrogen-bond acceptors (Lipinski definition) is 1. The minimum atomic E-state index is 0.412. The van der Waals surface area contributed by atoms with Gasteiger partial charge in [-0.25, -0.2) is 0 Å². The highest BCUT2D eigenvalue weighted by Gasteiger charge is 2.12. The number of nitrogens with one attached hydrogen (secondary N) is 1. The van der Waals surface area contributed by atoms with E-state index in [2.05, 4.69) is 20.9 Å². The molecule has 0 amide bonds. The van der Waals surface area contributed by atoms with E-state index in [9.17, 15) is 0 Å². The third-order valence-electron chi connectivity index (χ3n) is 2.87. The molecule has 7 heteroatoms. The molecule has 2 nitrogen and oxygen atoms in total. The summed E-state index contributed by atoms with van der Waals surface area (Å²) in [6, 6.07) is 9.15. The molecular weight excluding hydrogens is 402 g/mol. The van der Waals surface area contributed by atoms with Crippen molar-refractivity contribution in [2.45, 2.75) is 0 Å². The smallest absolute Gasteiger partial charge is 0.182 e. The Bertz CT molecular complexity index is 885. The summed E-state index contributed by atoms with van der Waals surface area (Å²) in [5.74, 6) is 0. The van der Waals surface area contributed by atoms with Crippen molar-refractivity contribution in [3.8, 4) is 5.69 Å². The van der Waals surface area contributed by atoms with Gasteiger partial charge >= 0.3 is 0 Å². The Kier molecular flexibility index (Phi) is 3.86. The SMILES string of the molecule is S=c1[nH]c2cc(Br)ccc2n1-c1cc(Cl)c(Cl)cc1Cl. The topological polar surface area (TPSA) is 20.7 Å². The van der Waals surface area contributed by atoms with Gasteiger partial charge in [-0.05, 0) is 42.5 Å². The quantitative estimate of drug-likeness (QED) is 0.364. The zero-order valence-corrected chi connectivity index (χ0v) is 14.4. The highest BCUT2D eigenvalue weighted by Crippen LogP contribution is 2.33. The lowest BCUT2D eigenvalue weighted by atomic mass is 10.3. The number of aromatic amines is 1. The fourth-order valence-electron chi connectivity index (χ4n) is 2.01. The zero-order chi connectivity index (χ0) is 14.4. The van der Waals surface area contributed by atoms with Crippen LogP contribution in [-0.4, -0.2) is 9.55 Å². The van der Waals surface area contributed by atoms with E-state index in [-0.39, 0.29) is 0 Å². The summed E-state index contributed by atoms with van der Waals surface area (Å²) in [5, 5.41) is 1.33. The number of hydrogen-bond donors (Lipinski definition) is 1. The van der Waals surface area contributed by atoms with Crippen LogP contribution in [0.3, 0.4) is 0 Å². The third kappa shape index (κ3) is 2.40. The summed E-state index contributed by atoms with van der Waals surface area (Å²) >= 11 is 27.1. The first-order valence-electron chi connectivity index (χ1n) is 5.52. The van der Waals surface area contributed by atoms with Crippen molar-refractivity contribution in [3.05, 3.63) is 54.6 Å². The summed E-state index contributed by atoms with van der Waals surface area (Å²) in [5.41, 5.74) is 2.52. The molecule has 3 aromatic rings. The van der Waals surface area contributed by atoms with Crippen LogP contribution in [0.4, 0.5) is 0 Å². The van der Waals surface area contributed by atoms with Gasteiger partial charge in [0.25, 0.3) is 0 Å². The van der Waals surface area contributed by atoms with Gasteiger partial charge in [-0.3, -0.25) is 4.57 Å². The highest BCUT2D eigenvalue weighted by molar-refractivity contribution is 9.10. The molecule has 1 aromatic heterocycles. The maximum absolute atomic E-state index is 6.26. The number of imidazole rings is 1. The van der Waals surface area contributed by atoms with Gasteiger partial charge in [0.15, 0.2) is 4.77 Å². The largest absolute Gasteiger partial charge is 0.330 e. The number of aromatic nitrogens is 2. The molecule has 0 aliphatic rings. The standard InChI is InChI=1S/C13H6BrCl3N2S/c14-6-1-2-11-10(3-6)18-13(20)19(11)12-5-8(16)7(15)4-9(12)17/h1-5H,(H,18,20). The normalized spacial score (nSPS) is 11.2. The summed E-state index contributed by atoms with van der Waals surface area (Å²) in [4.78, 5) is 3.14. The molecule has 3 rings (SSSR count). The van der Waals surface area contributed by atoms with E-state index < -0.39 is 0 Å². The van der Waals surface area contributed by atoms with Gasteiger partial charge < -0.3 is 4.98 Å². The first-order chi connectivity index (χ1) is 9.47. The Labute approximate surface area is 143 Å². The number of nitrogens with zero attached hydrogens (tertiary/aromatic N) is 1. The van der Waals surface area contributed by atoms with Gasteiger partial charge in [-0.15, -0.1) is 0 Å². The number of halogens is 4. The van der Waals surface area contributed by atoms with E-state index in [1.807, 2.05) is 22.8 Å². The molecule has 0 fully saturated rings. The number of H-pyrrole nitrogens is 1. The maximum Gasteiger partial charge on any atom is 0.182 e. The molecule has 102 valence electrons. The predicted molar refractivity (Wildman–Crippen MR) is 91.2 cm³/mol. The Hall–Kier alpha value is -0.520. The van der Waals surface area contributed by atoms with Crippen LogP contribution in [-0.2, 0) is 0 Å². The van der Waals surface area contributed by atoms with Gasteiger partial charge in [0.1, 0.15) is 0 Å². The second-order valence-electron chi connectivity index (χ2n) is 4.14. The van der Waals surface area contributed by atoms with E-state index in [4.69, 9.17) is 47.0 Å². The lowest BCUT2D eigenvalue weighted by Gasteiger charge is -2.09. The lowest BCUT2D eigenvalue weighted by molar-refractivity contribution is 1.07. The molecule has 0 spiro atoms. The van der Waals surface area contributed by atoms with Crippen LogP contribution in [0.15, 0.2) is 34.8 Å². The average Bonchev–Trinajstić information content (AvgIpc) is 2.69. The first-order valence-corrected chi connectivity index (χ1v) is 7.86.